The van der Waals surface area contributed by atoms with Gasteiger partial charge < -0.3 is 10.1 Å². The highest BCUT2D eigenvalue weighted by Crippen LogP contribution is 2.38. The van der Waals surface area contributed by atoms with Crippen molar-refractivity contribution in [2.45, 2.75) is 13.3 Å². The van der Waals surface area contributed by atoms with Crippen molar-refractivity contribution < 1.29 is 9.53 Å². The summed E-state index contributed by atoms with van der Waals surface area (Å²) in [6, 6.07) is 7.72. The van der Waals surface area contributed by atoms with Crippen LogP contribution >= 0.6 is 11.3 Å². The molecule has 3 rings (SSSR count). The molecule has 1 aliphatic rings. The molecule has 104 valence electrons. The molecule has 1 N–H and O–H groups in total. The fraction of sp³-hybridized carbons (Fsp3) is 0.333. The van der Waals surface area contributed by atoms with E-state index in [2.05, 4.69) is 17.2 Å². The van der Waals surface area contributed by atoms with Crippen LogP contribution in [0, 0.1) is 11.8 Å². The number of rotatable bonds is 4. The van der Waals surface area contributed by atoms with Crippen molar-refractivity contribution in [3.8, 4) is 17.0 Å². The summed E-state index contributed by atoms with van der Waals surface area (Å²) >= 11 is 1.45. The lowest BCUT2D eigenvalue weighted by atomic mass is 10.2. The number of benzene rings is 1. The lowest BCUT2D eigenvalue weighted by molar-refractivity contribution is -0.117. The van der Waals surface area contributed by atoms with E-state index in [1.54, 1.807) is 7.11 Å². The van der Waals surface area contributed by atoms with Crippen molar-refractivity contribution in [2.75, 3.05) is 12.4 Å². The van der Waals surface area contributed by atoms with E-state index in [0.29, 0.717) is 11.0 Å². The fourth-order valence-electron chi connectivity index (χ4n) is 2.11. The molecule has 0 saturated heterocycles. The van der Waals surface area contributed by atoms with Crippen molar-refractivity contribution in [3.63, 3.8) is 0 Å². The minimum atomic E-state index is 0.0909. The van der Waals surface area contributed by atoms with E-state index < -0.39 is 0 Å². The van der Waals surface area contributed by atoms with Gasteiger partial charge in [0, 0.05) is 16.9 Å². The summed E-state index contributed by atoms with van der Waals surface area (Å²) in [7, 11) is 1.64. The Hall–Kier alpha value is -1.88. The van der Waals surface area contributed by atoms with Crippen LogP contribution in [0.3, 0.4) is 0 Å². The van der Waals surface area contributed by atoms with Crippen LogP contribution < -0.4 is 10.1 Å². The standard InChI is InChI=1S/C15H16N2O2S/c1-9-7-12(9)14(18)17-15-16-13(8-20-15)10-3-5-11(19-2)6-4-10/h3-6,8-9,12H,7H2,1-2H3,(H,16,17,18)/t9-,12-/m1/s1. The monoisotopic (exact) mass is 288 g/mol. The third kappa shape index (κ3) is 2.67. The molecular formula is C15H16N2O2S. The molecular weight excluding hydrogens is 272 g/mol. The van der Waals surface area contributed by atoms with Gasteiger partial charge in [-0.2, -0.15) is 0 Å². The SMILES string of the molecule is COc1ccc(-c2csc(NC(=O)[C@@H]3C[C@H]3C)n2)cc1. The van der Waals surface area contributed by atoms with Crippen LogP contribution in [0.15, 0.2) is 29.6 Å². The van der Waals surface area contributed by atoms with Gasteiger partial charge in [-0.1, -0.05) is 6.92 Å². The summed E-state index contributed by atoms with van der Waals surface area (Å²) < 4.78 is 5.13. The van der Waals surface area contributed by atoms with E-state index in [4.69, 9.17) is 4.74 Å². The maximum atomic E-state index is 11.9. The summed E-state index contributed by atoms with van der Waals surface area (Å²) in [6.45, 7) is 2.09. The first-order valence-electron chi connectivity index (χ1n) is 6.58. The van der Waals surface area contributed by atoms with Gasteiger partial charge >= 0.3 is 0 Å². The average molecular weight is 288 g/mol. The first kappa shape index (κ1) is 13.1. The second kappa shape index (κ2) is 5.25. The molecule has 0 unspecified atom stereocenters. The Bertz CT molecular complexity index is 621. The number of ether oxygens (including phenoxy) is 1. The first-order chi connectivity index (χ1) is 9.67. The maximum absolute atomic E-state index is 11.9. The molecule has 2 aromatic rings. The number of carbonyl (C=O) groups is 1. The van der Waals surface area contributed by atoms with Crippen molar-refractivity contribution in [2.24, 2.45) is 11.8 Å². The van der Waals surface area contributed by atoms with E-state index in [0.717, 1.165) is 23.4 Å². The molecule has 1 heterocycles. The largest absolute Gasteiger partial charge is 0.497 e. The minimum Gasteiger partial charge on any atom is -0.497 e. The zero-order valence-corrected chi connectivity index (χ0v) is 12.2. The Morgan fingerprint density at radius 1 is 1.40 bits per heavy atom. The number of carbonyl (C=O) groups excluding carboxylic acids is 1. The average Bonchev–Trinajstić information content (AvgIpc) is 3.02. The van der Waals surface area contributed by atoms with Crippen molar-refractivity contribution in [1.29, 1.82) is 0 Å². The summed E-state index contributed by atoms with van der Waals surface area (Å²) in [5.74, 6) is 1.59. The topological polar surface area (TPSA) is 51.2 Å². The third-order valence-electron chi connectivity index (χ3n) is 3.57. The number of hydrogen-bond donors (Lipinski definition) is 1. The van der Waals surface area contributed by atoms with Crippen LogP contribution in [0.1, 0.15) is 13.3 Å². The molecule has 1 aromatic heterocycles. The number of amides is 1. The molecule has 0 radical (unpaired) electrons. The lowest BCUT2D eigenvalue weighted by Crippen LogP contribution is -2.14. The van der Waals surface area contributed by atoms with Gasteiger partial charge in [0.15, 0.2) is 5.13 Å². The van der Waals surface area contributed by atoms with Crippen molar-refractivity contribution >= 4 is 22.4 Å². The molecule has 1 saturated carbocycles. The minimum absolute atomic E-state index is 0.0909. The summed E-state index contributed by atoms with van der Waals surface area (Å²) in [6.07, 6.45) is 0.989. The Morgan fingerprint density at radius 2 is 2.10 bits per heavy atom. The number of nitrogens with zero attached hydrogens (tertiary/aromatic N) is 1. The van der Waals surface area contributed by atoms with Gasteiger partial charge in [0.25, 0.3) is 0 Å². The molecule has 0 spiro atoms. The zero-order valence-electron chi connectivity index (χ0n) is 11.4. The second-order valence-electron chi connectivity index (χ2n) is 5.08. The van der Waals surface area contributed by atoms with E-state index in [1.807, 2.05) is 29.6 Å². The second-order valence-corrected chi connectivity index (χ2v) is 5.93. The predicted octanol–water partition coefficient (Wildman–Crippen LogP) is 3.41. The fourth-order valence-corrected chi connectivity index (χ4v) is 2.83. The predicted molar refractivity (Wildman–Crippen MR) is 80.0 cm³/mol. The normalized spacial score (nSPS) is 20.5. The molecule has 5 heteroatoms. The van der Waals surface area contributed by atoms with Crippen LogP contribution in [0.5, 0.6) is 5.75 Å². The Kier molecular flexibility index (Phi) is 3.44. The number of aromatic nitrogens is 1. The van der Waals surface area contributed by atoms with Crippen LogP contribution in [0.25, 0.3) is 11.3 Å². The van der Waals surface area contributed by atoms with Gasteiger partial charge in [0.2, 0.25) is 5.91 Å². The number of nitrogens with one attached hydrogen (secondary N) is 1. The van der Waals surface area contributed by atoms with Crippen LogP contribution in [-0.2, 0) is 4.79 Å². The number of methoxy groups -OCH3 is 1. The Labute approximate surface area is 121 Å². The van der Waals surface area contributed by atoms with Gasteiger partial charge in [-0.15, -0.1) is 11.3 Å². The van der Waals surface area contributed by atoms with Gasteiger partial charge in [-0.25, -0.2) is 4.98 Å². The maximum Gasteiger partial charge on any atom is 0.229 e. The first-order valence-corrected chi connectivity index (χ1v) is 7.46. The molecule has 1 aliphatic carbocycles. The van der Waals surface area contributed by atoms with Gasteiger partial charge in [0.1, 0.15) is 5.75 Å². The zero-order chi connectivity index (χ0) is 14.1. The number of hydrogen-bond acceptors (Lipinski definition) is 4. The molecule has 20 heavy (non-hydrogen) atoms. The van der Waals surface area contributed by atoms with Crippen LogP contribution in [-0.4, -0.2) is 18.0 Å². The smallest absolute Gasteiger partial charge is 0.229 e. The van der Waals surface area contributed by atoms with E-state index in [1.165, 1.54) is 11.3 Å². The summed E-state index contributed by atoms with van der Waals surface area (Å²) in [5.41, 5.74) is 1.89. The Balaban J connectivity index is 1.70. The lowest BCUT2D eigenvalue weighted by Gasteiger charge is -2.01. The third-order valence-corrected chi connectivity index (χ3v) is 4.32. The van der Waals surface area contributed by atoms with Crippen LogP contribution in [0.4, 0.5) is 5.13 Å². The van der Waals surface area contributed by atoms with E-state index in [-0.39, 0.29) is 11.8 Å². The Morgan fingerprint density at radius 3 is 2.70 bits per heavy atom. The molecule has 1 aromatic carbocycles. The molecule has 1 fully saturated rings. The molecule has 2 atom stereocenters. The summed E-state index contributed by atoms with van der Waals surface area (Å²) in [5, 5.41) is 5.51. The van der Waals surface area contributed by atoms with Gasteiger partial charge in [-0.05, 0) is 36.6 Å². The quantitative estimate of drug-likeness (QED) is 0.938. The van der Waals surface area contributed by atoms with E-state index in [9.17, 15) is 4.79 Å². The highest BCUT2D eigenvalue weighted by atomic mass is 32.1. The highest BCUT2D eigenvalue weighted by Gasteiger charge is 2.39. The highest BCUT2D eigenvalue weighted by molar-refractivity contribution is 7.14. The molecule has 0 bridgehead atoms. The van der Waals surface area contributed by atoms with Crippen LogP contribution in [0.2, 0.25) is 0 Å². The van der Waals surface area contributed by atoms with Gasteiger partial charge in [-0.3, -0.25) is 4.79 Å². The molecule has 1 amide bonds. The van der Waals surface area contributed by atoms with Crippen molar-refractivity contribution in [1.82, 2.24) is 4.98 Å². The van der Waals surface area contributed by atoms with E-state index >= 15 is 0 Å². The molecule has 4 nitrogen and oxygen atoms in total. The molecule has 0 aliphatic heterocycles. The number of anilines is 1. The van der Waals surface area contributed by atoms with Gasteiger partial charge in [0.05, 0.1) is 12.8 Å². The van der Waals surface area contributed by atoms with Crippen molar-refractivity contribution in [3.05, 3.63) is 29.6 Å². The number of thiazole rings is 1. The summed E-state index contributed by atoms with van der Waals surface area (Å²) in [4.78, 5) is 16.3.